The summed E-state index contributed by atoms with van der Waals surface area (Å²) in [6.07, 6.45) is 5.49. The van der Waals surface area contributed by atoms with Gasteiger partial charge in [0, 0.05) is 24.7 Å². The van der Waals surface area contributed by atoms with E-state index < -0.39 is 0 Å². The van der Waals surface area contributed by atoms with Crippen molar-refractivity contribution in [2.45, 2.75) is 51.6 Å². The lowest BCUT2D eigenvalue weighted by atomic mass is 9.77. The van der Waals surface area contributed by atoms with Crippen molar-refractivity contribution in [2.75, 3.05) is 0 Å². The maximum Gasteiger partial charge on any atom is 0.0861 e. The van der Waals surface area contributed by atoms with Gasteiger partial charge in [0.2, 0.25) is 0 Å². The van der Waals surface area contributed by atoms with Crippen LogP contribution in [0.2, 0.25) is 0 Å². The molecule has 84 valence electrons. The Morgan fingerprint density at radius 1 is 1.53 bits per heavy atom. The van der Waals surface area contributed by atoms with E-state index in [1.165, 1.54) is 6.42 Å². The normalized spacial score (nSPS) is 31.8. The van der Waals surface area contributed by atoms with E-state index in [1.807, 2.05) is 4.68 Å². The number of nitrogens with zero attached hydrogens (tertiary/aromatic N) is 3. The Hall–Kier alpha value is -0.900. The number of rotatable bonds is 2. The molecule has 0 aliphatic heterocycles. The predicted molar refractivity (Wildman–Crippen MR) is 59.4 cm³/mol. The minimum absolute atomic E-state index is 0.345. The average molecular weight is 208 g/mol. The summed E-state index contributed by atoms with van der Waals surface area (Å²) < 4.78 is 1.89. The van der Waals surface area contributed by atoms with Crippen LogP contribution in [-0.4, -0.2) is 21.0 Å². The van der Waals surface area contributed by atoms with Crippen LogP contribution in [0.4, 0.5) is 0 Å². The molecule has 1 aliphatic carbocycles. The molecule has 4 nitrogen and oxygen atoms in total. The molecule has 1 fully saturated rings. The van der Waals surface area contributed by atoms with Crippen molar-refractivity contribution in [3.8, 4) is 0 Å². The highest BCUT2D eigenvalue weighted by atomic mass is 15.4. The van der Waals surface area contributed by atoms with Gasteiger partial charge in [-0.2, -0.15) is 0 Å². The highest BCUT2D eigenvalue weighted by Crippen LogP contribution is 2.35. The molecule has 0 amide bonds. The van der Waals surface area contributed by atoms with Crippen LogP contribution in [0.15, 0.2) is 6.20 Å². The van der Waals surface area contributed by atoms with Gasteiger partial charge < -0.3 is 5.73 Å². The fourth-order valence-corrected chi connectivity index (χ4v) is 2.40. The second-order valence-corrected chi connectivity index (χ2v) is 4.66. The zero-order valence-electron chi connectivity index (χ0n) is 9.56. The Kier molecular flexibility index (Phi) is 3.05. The van der Waals surface area contributed by atoms with E-state index in [9.17, 15) is 0 Å². The molecule has 0 aromatic carbocycles. The summed E-state index contributed by atoms with van der Waals surface area (Å²) in [5.41, 5.74) is 7.13. The first-order valence-corrected chi connectivity index (χ1v) is 5.86. The molecule has 2 rings (SSSR count). The largest absolute Gasteiger partial charge is 0.328 e. The van der Waals surface area contributed by atoms with Gasteiger partial charge in [0.15, 0.2) is 0 Å². The van der Waals surface area contributed by atoms with Gasteiger partial charge in [-0.25, -0.2) is 0 Å². The standard InChI is InChI=1S/C11H20N4/c1-3-15-7-11(13-14-15)10-6-9(12)5-4-8(10)2/h7-10H,3-6,12H2,1-2H3. The molecule has 0 bridgehead atoms. The minimum Gasteiger partial charge on any atom is -0.328 e. The Morgan fingerprint density at radius 2 is 2.33 bits per heavy atom. The van der Waals surface area contributed by atoms with Crippen LogP contribution in [0, 0.1) is 5.92 Å². The molecular formula is C11H20N4. The fourth-order valence-electron chi connectivity index (χ4n) is 2.40. The molecule has 0 saturated heterocycles. The molecule has 2 N–H and O–H groups in total. The molecule has 3 unspecified atom stereocenters. The second-order valence-electron chi connectivity index (χ2n) is 4.66. The van der Waals surface area contributed by atoms with Crippen molar-refractivity contribution in [1.82, 2.24) is 15.0 Å². The lowest BCUT2D eigenvalue weighted by molar-refractivity contribution is 0.295. The number of aromatic nitrogens is 3. The summed E-state index contributed by atoms with van der Waals surface area (Å²) >= 11 is 0. The summed E-state index contributed by atoms with van der Waals surface area (Å²) in [6, 6.07) is 0.345. The second kappa shape index (κ2) is 4.31. The monoisotopic (exact) mass is 208 g/mol. The van der Waals surface area contributed by atoms with Gasteiger partial charge in [0.25, 0.3) is 0 Å². The molecule has 4 heteroatoms. The van der Waals surface area contributed by atoms with E-state index >= 15 is 0 Å². The first kappa shape index (κ1) is 10.6. The van der Waals surface area contributed by atoms with Crippen LogP contribution in [0.5, 0.6) is 0 Å². The average Bonchev–Trinajstić information content (AvgIpc) is 2.70. The highest BCUT2D eigenvalue weighted by molar-refractivity contribution is 5.06. The lowest BCUT2D eigenvalue weighted by Crippen LogP contribution is -2.31. The summed E-state index contributed by atoms with van der Waals surface area (Å²) in [7, 11) is 0. The van der Waals surface area contributed by atoms with Crippen LogP contribution in [0.3, 0.4) is 0 Å². The van der Waals surface area contributed by atoms with E-state index in [-0.39, 0.29) is 0 Å². The van der Waals surface area contributed by atoms with E-state index in [0.29, 0.717) is 17.9 Å². The molecule has 3 atom stereocenters. The number of aryl methyl sites for hydroxylation is 1. The van der Waals surface area contributed by atoms with Crippen molar-refractivity contribution in [3.63, 3.8) is 0 Å². The molecular weight excluding hydrogens is 188 g/mol. The topological polar surface area (TPSA) is 56.7 Å². The van der Waals surface area contributed by atoms with Crippen LogP contribution >= 0.6 is 0 Å². The summed E-state index contributed by atoms with van der Waals surface area (Å²) in [4.78, 5) is 0. The smallest absolute Gasteiger partial charge is 0.0861 e. The van der Waals surface area contributed by atoms with E-state index in [0.717, 1.165) is 25.1 Å². The van der Waals surface area contributed by atoms with Gasteiger partial charge in [-0.15, -0.1) is 5.10 Å². The molecule has 1 aliphatic rings. The first-order valence-electron chi connectivity index (χ1n) is 5.86. The van der Waals surface area contributed by atoms with E-state index in [1.54, 1.807) is 0 Å². The minimum atomic E-state index is 0.345. The van der Waals surface area contributed by atoms with Crippen molar-refractivity contribution in [1.29, 1.82) is 0 Å². The van der Waals surface area contributed by atoms with Crippen molar-refractivity contribution in [2.24, 2.45) is 11.7 Å². The third-order valence-electron chi connectivity index (χ3n) is 3.50. The number of hydrogen-bond acceptors (Lipinski definition) is 3. The van der Waals surface area contributed by atoms with Gasteiger partial charge in [-0.05, 0) is 32.1 Å². The highest BCUT2D eigenvalue weighted by Gasteiger charge is 2.28. The predicted octanol–water partition coefficient (Wildman–Crippen LogP) is 1.53. The maximum absolute atomic E-state index is 6.01. The number of nitrogens with two attached hydrogens (primary N) is 1. The SMILES string of the molecule is CCn1cc(C2CC(N)CCC2C)nn1. The molecule has 1 saturated carbocycles. The quantitative estimate of drug-likeness (QED) is 0.802. The van der Waals surface area contributed by atoms with Gasteiger partial charge in [0.1, 0.15) is 0 Å². The zero-order valence-corrected chi connectivity index (χ0v) is 9.56. The molecule has 0 spiro atoms. The van der Waals surface area contributed by atoms with Crippen LogP contribution in [-0.2, 0) is 6.54 Å². The molecule has 15 heavy (non-hydrogen) atoms. The summed E-state index contributed by atoms with van der Waals surface area (Å²) in [6.45, 7) is 5.26. The molecule has 1 aromatic rings. The van der Waals surface area contributed by atoms with Gasteiger partial charge in [-0.1, -0.05) is 12.1 Å². The first-order chi connectivity index (χ1) is 7.20. The van der Waals surface area contributed by atoms with Crippen LogP contribution < -0.4 is 5.73 Å². The summed E-state index contributed by atoms with van der Waals surface area (Å²) in [5, 5.41) is 8.35. The summed E-state index contributed by atoms with van der Waals surface area (Å²) in [5.74, 6) is 1.20. The lowest BCUT2D eigenvalue weighted by Gasteiger charge is -2.31. The third kappa shape index (κ3) is 2.20. The molecule has 0 radical (unpaired) electrons. The Balaban J connectivity index is 2.13. The Morgan fingerprint density at radius 3 is 3.00 bits per heavy atom. The number of hydrogen-bond donors (Lipinski definition) is 1. The Labute approximate surface area is 90.8 Å². The van der Waals surface area contributed by atoms with Crippen LogP contribution in [0.1, 0.15) is 44.7 Å². The van der Waals surface area contributed by atoms with Crippen molar-refractivity contribution in [3.05, 3.63) is 11.9 Å². The van der Waals surface area contributed by atoms with Crippen LogP contribution in [0.25, 0.3) is 0 Å². The molecule has 1 aromatic heterocycles. The van der Waals surface area contributed by atoms with Crippen molar-refractivity contribution >= 4 is 0 Å². The van der Waals surface area contributed by atoms with E-state index in [4.69, 9.17) is 5.73 Å². The Bertz CT molecular complexity index is 320. The van der Waals surface area contributed by atoms with Gasteiger partial charge in [-0.3, -0.25) is 4.68 Å². The molecule has 1 heterocycles. The third-order valence-corrected chi connectivity index (χ3v) is 3.50. The maximum atomic E-state index is 6.01. The zero-order chi connectivity index (χ0) is 10.8. The fraction of sp³-hybridized carbons (Fsp3) is 0.818. The van der Waals surface area contributed by atoms with Gasteiger partial charge in [0.05, 0.1) is 5.69 Å². The van der Waals surface area contributed by atoms with Crippen molar-refractivity contribution < 1.29 is 0 Å². The van der Waals surface area contributed by atoms with E-state index in [2.05, 4.69) is 30.4 Å². The van der Waals surface area contributed by atoms with Gasteiger partial charge >= 0.3 is 0 Å².